The molecule has 0 N–H and O–H groups in total. The third-order valence-electron chi connectivity index (χ3n) is 5.09. The van der Waals surface area contributed by atoms with Crippen LogP contribution in [0.1, 0.15) is 28.3 Å². The van der Waals surface area contributed by atoms with Crippen LogP contribution in [0, 0.1) is 18.8 Å². The van der Waals surface area contributed by atoms with Crippen LogP contribution in [0.5, 0.6) is 5.75 Å². The van der Waals surface area contributed by atoms with Crippen molar-refractivity contribution >= 4 is 5.69 Å². The van der Waals surface area contributed by atoms with Crippen molar-refractivity contribution < 1.29 is 4.74 Å². The quantitative estimate of drug-likeness (QED) is 0.590. The van der Waals surface area contributed by atoms with Gasteiger partial charge in [-0.1, -0.05) is 53.8 Å². The van der Waals surface area contributed by atoms with Gasteiger partial charge in [0, 0.05) is 17.8 Å². The zero-order chi connectivity index (χ0) is 18.6. The van der Waals surface area contributed by atoms with Gasteiger partial charge in [0.2, 0.25) is 0 Å². The maximum atomic E-state index is 5.24. The van der Waals surface area contributed by atoms with E-state index in [2.05, 4.69) is 72.2 Å². The Balaban J connectivity index is 1.72. The van der Waals surface area contributed by atoms with Crippen molar-refractivity contribution in [1.29, 1.82) is 0 Å². The first-order chi connectivity index (χ1) is 13.2. The molecule has 0 spiro atoms. The Bertz CT molecular complexity index is 977. The van der Waals surface area contributed by atoms with Crippen LogP contribution in [0.15, 0.2) is 72.8 Å². The van der Waals surface area contributed by atoms with Gasteiger partial charge in [0.15, 0.2) is 0 Å². The summed E-state index contributed by atoms with van der Waals surface area (Å²) in [6.07, 6.45) is 1.05. The van der Waals surface area contributed by atoms with Crippen LogP contribution < -0.4 is 9.64 Å². The molecule has 2 heteroatoms. The van der Waals surface area contributed by atoms with E-state index in [4.69, 9.17) is 4.74 Å². The largest absolute Gasteiger partial charge is 0.497 e. The van der Waals surface area contributed by atoms with Crippen LogP contribution in [0.2, 0.25) is 0 Å². The fraction of sp³-hybridized carbons (Fsp3) is 0.200. The van der Waals surface area contributed by atoms with Crippen LogP contribution in [0.25, 0.3) is 0 Å². The fourth-order valence-electron chi connectivity index (χ4n) is 3.56. The summed E-state index contributed by atoms with van der Waals surface area (Å²) in [6.45, 7) is 3.10. The van der Waals surface area contributed by atoms with Gasteiger partial charge in [-0.15, -0.1) is 0 Å². The second kappa shape index (κ2) is 7.60. The van der Waals surface area contributed by atoms with E-state index in [1.165, 1.54) is 22.4 Å². The topological polar surface area (TPSA) is 12.5 Å². The number of rotatable bonds is 2. The lowest BCUT2D eigenvalue weighted by Gasteiger charge is -2.36. The van der Waals surface area contributed by atoms with E-state index in [9.17, 15) is 0 Å². The highest BCUT2D eigenvalue weighted by Gasteiger charge is 2.25. The first-order valence-corrected chi connectivity index (χ1v) is 9.31. The zero-order valence-electron chi connectivity index (χ0n) is 15.8. The number of methoxy groups -OCH3 is 1. The number of aryl methyl sites for hydroxylation is 1. The van der Waals surface area contributed by atoms with Crippen molar-refractivity contribution in [3.05, 3.63) is 95.1 Å². The first-order valence-electron chi connectivity index (χ1n) is 9.31. The molecular weight excluding hydrogens is 330 g/mol. The van der Waals surface area contributed by atoms with Crippen molar-refractivity contribution in [2.75, 3.05) is 18.6 Å². The van der Waals surface area contributed by atoms with E-state index in [-0.39, 0.29) is 6.04 Å². The number of benzene rings is 3. The van der Waals surface area contributed by atoms with Crippen molar-refractivity contribution in [3.63, 3.8) is 0 Å². The van der Waals surface area contributed by atoms with Gasteiger partial charge in [-0.2, -0.15) is 0 Å². The highest BCUT2D eigenvalue weighted by Crippen LogP contribution is 2.33. The molecule has 2 nitrogen and oxygen atoms in total. The molecule has 1 heterocycles. The molecule has 1 aliphatic rings. The Morgan fingerprint density at radius 1 is 0.926 bits per heavy atom. The Morgan fingerprint density at radius 3 is 2.41 bits per heavy atom. The predicted octanol–water partition coefficient (Wildman–Crippen LogP) is 5.16. The normalized spacial score (nSPS) is 15.5. The van der Waals surface area contributed by atoms with Crippen molar-refractivity contribution in [3.8, 4) is 17.6 Å². The average Bonchev–Trinajstić information content (AvgIpc) is 2.73. The summed E-state index contributed by atoms with van der Waals surface area (Å²) in [6, 6.07) is 25.4. The lowest BCUT2D eigenvalue weighted by Crippen LogP contribution is -2.34. The van der Waals surface area contributed by atoms with E-state index in [1.807, 2.05) is 24.3 Å². The summed E-state index contributed by atoms with van der Waals surface area (Å²) in [5.41, 5.74) is 6.21. The molecule has 1 atom stereocenters. The molecule has 0 fully saturated rings. The highest BCUT2D eigenvalue weighted by molar-refractivity contribution is 5.56. The summed E-state index contributed by atoms with van der Waals surface area (Å²) in [5, 5.41) is 0. The number of anilines is 1. The van der Waals surface area contributed by atoms with Crippen LogP contribution in [0.4, 0.5) is 5.69 Å². The Kier molecular flexibility index (Phi) is 4.85. The van der Waals surface area contributed by atoms with Gasteiger partial charge in [0.05, 0.1) is 7.11 Å². The second-order valence-corrected chi connectivity index (χ2v) is 6.88. The van der Waals surface area contributed by atoms with Crippen molar-refractivity contribution in [2.24, 2.45) is 0 Å². The summed E-state index contributed by atoms with van der Waals surface area (Å²) in [4.78, 5) is 2.41. The first kappa shape index (κ1) is 17.2. The molecule has 3 aromatic rings. The molecule has 4 rings (SSSR count). The summed E-state index contributed by atoms with van der Waals surface area (Å²) < 4.78 is 5.24. The SMILES string of the molecule is COc1ccc(C#C[C@H]2c3ccccc3CCN2c2ccc(C)cc2)cc1. The van der Waals surface area contributed by atoms with E-state index < -0.39 is 0 Å². The molecule has 134 valence electrons. The fourth-order valence-corrected chi connectivity index (χ4v) is 3.56. The molecule has 0 saturated carbocycles. The molecular formula is C25H23NO. The number of nitrogens with zero attached hydrogens (tertiary/aromatic N) is 1. The smallest absolute Gasteiger partial charge is 0.118 e. The summed E-state index contributed by atoms with van der Waals surface area (Å²) >= 11 is 0. The minimum absolute atomic E-state index is 0.0553. The molecule has 0 aliphatic carbocycles. The lowest BCUT2D eigenvalue weighted by molar-refractivity contribution is 0.415. The summed E-state index contributed by atoms with van der Waals surface area (Å²) in [5.74, 6) is 7.75. The van der Waals surface area contributed by atoms with Crippen LogP contribution in [-0.2, 0) is 6.42 Å². The lowest BCUT2D eigenvalue weighted by atomic mass is 9.92. The Hall–Kier alpha value is -3.18. The van der Waals surface area contributed by atoms with E-state index in [0.29, 0.717) is 0 Å². The van der Waals surface area contributed by atoms with Crippen molar-refractivity contribution in [2.45, 2.75) is 19.4 Å². The molecule has 0 radical (unpaired) electrons. The van der Waals surface area contributed by atoms with Gasteiger partial charge in [-0.25, -0.2) is 0 Å². The molecule has 1 aliphatic heterocycles. The molecule has 3 aromatic carbocycles. The van der Waals surface area contributed by atoms with Gasteiger partial charge in [0.1, 0.15) is 11.8 Å². The minimum atomic E-state index is 0.0553. The Morgan fingerprint density at radius 2 is 1.67 bits per heavy atom. The third-order valence-corrected chi connectivity index (χ3v) is 5.09. The van der Waals surface area contributed by atoms with Gasteiger partial charge in [-0.3, -0.25) is 0 Å². The molecule has 0 saturated heterocycles. The van der Waals surface area contributed by atoms with Gasteiger partial charge >= 0.3 is 0 Å². The molecule has 0 aromatic heterocycles. The molecule has 0 amide bonds. The number of ether oxygens (including phenoxy) is 1. The third kappa shape index (κ3) is 3.68. The van der Waals surface area contributed by atoms with Crippen molar-refractivity contribution in [1.82, 2.24) is 0 Å². The highest BCUT2D eigenvalue weighted by atomic mass is 16.5. The standard InChI is InChI=1S/C25H23NO/c1-19-7-12-22(13-8-19)26-18-17-21-5-3-4-6-24(21)25(26)16-11-20-9-14-23(27-2)15-10-20/h3-10,12-15,25H,17-18H2,1-2H3/t25-/m0/s1. The monoisotopic (exact) mass is 353 g/mol. The molecule has 0 unspecified atom stereocenters. The minimum Gasteiger partial charge on any atom is -0.497 e. The zero-order valence-corrected chi connectivity index (χ0v) is 15.8. The van der Waals surface area contributed by atoms with Gasteiger partial charge in [-0.05, 0) is 60.9 Å². The van der Waals surface area contributed by atoms with Crippen LogP contribution in [0.3, 0.4) is 0 Å². The molecule has 27 heavy (non-hydrogen) atoms. The van der Waals surface area contributed by atoms with Gasteiger partial charge in [0.25, 0.3) is 0 Å². The predicted molar refractivity (Wildman–Crippen MR) is 111 cm³/mol. The Labute approximate surface area is 161 Å². The van der Waals surface area contributed by atoms with Crippen LogP contribution in [-0.4, -0.2) is 13.7 Å². The maximum Gasteiger partial charge on any atom is 0.118 e. The number of fused-ring (bicyclic) bond motifs is 1. The molecule has 0 bridgehead atoms. The second-order valence-electron chi connectivity index (χ2n) is 6.88. The number of hydrogen-bond donors (Lipinski definition) is 0. The van der Waals surface area contributed by atoms with E-state index in [0.717, 1.165) is 24.3 Å². The average molecular weight is 353 g/mol. The number of hydrogen-bond acceptors (Lipinski definition) is 2. The van der Waals surface area contributed by atoms with Crippen LogP contribution >= 0.6 is 0 Å². The van der Waals surface area contributed by atoms with Gasteiger partial charge < -0.3 is 9.64 Å². The summed E-state index contributed by atoms with van der Waals surface area (Å²) in [7, 11) is 1.68. The van der Waals surface area contributed by atoms with E-state index in [1.54, 1.807) is 7.11 Å². The van der Waals surface area contributed by atoms with E-state index >= 15 is 0 Å². The maximum absolute atomic E-state index is 5.24.